The summed E-state index contributed by atoms with van der Waals surface area (Å²) in [5.74, 6) is 1.78. The summed E-state index contributed by atoms with van der Waals surface area (Å²) in [5.41, 5.74) is 6.65. The smallest absolute Gasteiger partial charge is 0.181 e. The monoisotopic (exact) mass is 300 g/mol. The predicted molar refractivity (Wildman–Crippen MR) is 79.1 cm³/mol. The molecule has 6 heteroatoms. The van der Waals surface area contributed by atoms with Crippen molar-refractivity contribution in [3.63, 3.8) is 0 Å². The Morgan fingerprint density at radius 3 is 2.50 bits per heavy atom. The van der Waals surface area contributed by atoms with Gasteiger partial charge in [-0.25, -0.2) is 9.37 Å². The maximum Gasteiger partial charge on any atom is 0.181 e. The summed E-state index contributed by atoms with van der Waals surface area (Å²) in [6.45, 7) is 1.97. The van der Waals surface area contributed by atoms with Crippen molar-refractivity contribution >= 4 is 40.0 Å². The molecule has 2 aromatic rings. The van der Waals surface area contributed by atoms with Gasteiger partial charge >= 0.3 is 0 Å². The second-order valence-corrected chi connectivity index (χ2v) is 7.14. The molecule has 2 nitrogen and oxygen atoms in total. The first-order chi connectivity index (χ1) is 8.65. The third-order valence-electron chi connectivity index (χ3n) is 2.17. The van der Waals surface area contributed by atoms with E-state index in [0.29, 0.717) is 5.13 Å². The fourth-order valence-electron chi connectivity index (χ4n) is 1.36. The molecule has 0 aliphatic heterocycles. The molecule has 0 aliphatic carbocycles. The summed E-state index contributed by atoms with van der Waals surface area (Å²) in [4.78, 5) is 5.28. The number of aryl methyl sites for hydroxylation is 1. The molecule has 0 bridgehead atoms. The Morgan fingerprint density at radius 1 is 1.22 bits per heavy atom. The summed E-state index contributed by atoms with van der Waals surface area (Å²) in [6.07, 6.45) is 0. The molecule has 0 atom stereocenters. The Labute approximate surface area is 118 Å². The van der Waals surface area contributed by atoms with Crippen molar-refractivity contribution in [2.45, 2.75) is 16.0 Å². The van der Waals surface area contributed by atoms with Crippen LogP contribution in [-0.4, -0.2) is 16.5 Å². The number of nitrogen functional groups attached to an aromatic ring is 1. The maximum atomic E-state index is 12.7. The minimum Gasteiger partial charge on any atom is -0.375 e. The number of rotatable bonds is 5. The van der Waals surface area contributed by atoms with E-state index in [0.717, 1.165) is 22.1 Å². The van der Waals surface area contributed by atoms with Gasteiger partial charge < -0.3 is 5.73 Å². The van der Waals surface area contributed by atoms with E-state index in [1.165, 1.54) is 27.7 Å². The van der Waals surface area contributed by atoms with Gasteiger partial charge in [0.25, 0.3) is 0 Å². The fourth-order valence-corrected chi connectivity index (χ4v) is 4.34. The van der Waals surface area contributed by atoms with Crippen LogP contribution in [0.4, 0.5) is 9.52 Å². The van der Waals surface area contributed by atoms with E-state index in [1.54, 1.807) is 35.7 Å². The van der Waals surface area contributed by atoms with Gasteiger partial charge in [-0.2, -0.15) is 0 Å². The Balaban J connectivity index is 1.76. The lowest BCUT2D eigenvalue weighted by Crippen LogP contribution is -1.84. The minimum atomic E-state index is -0.190. The van der Waals surface area contributed by atoms with Crippen LogP contribution in [0.15, 0.2) is 33.4 Å². The lowest BCUT2D eigenvalue weighted by Gasteiger charge is -2.01. The topological polar surface area (TPSA) is 38.9 Å². The van der Waals surface area contributed by atoms with E-state index in [2.05, 4.69) is 4.98 Å². The molecule has 0 saturated heterocycles. The van der Waals surface area contributed by atoms with Gasteiger partial charge in [0.15, 0.2) is 5.13 Å². The number of nitrogens with zero attached hydrogens (tertiary/aromatic N) is 1. The van der Waals surface area contributed by atoms with E-state index in [4.69, 9.17) is 5.73 Å². The number of thioether (sulfide) groups is 2. The largest absolute Gasteiger partial charge is 0.375 e. The molecule has 0 amide bonds. The van der Waals surface area contributed by atoms with E-state index in [1.807, 2.05) is 6.92 Å². The highest BCUT2D eigenvalue weighted by Crippen LogP contribution is 2.31. The summed E-state index contributed by atoms with van der Waals surface area (Å²) < 4.78 is 13.9. The van der Waals surface area contributed by atoms with Crippen LogP contribution in [-0.2, 0) is 0 Å². The SMILES string of the molecule is Cc1nc(N)sc1SCCSc1ccc(F)cc1. The number of anilines is 1. The molecule has 1 aromatic heterocycles. The van der Waals surface area contributed by atoms with Gasteiger partial charge in [0.2, 0.25) is 0 Å². The van der Waals surface area contributed by atoms with Crippen LogP contribution in [0.1, 0.15) is 5.69 Å². The van der Waals surface area contributed by atoms with Crippen molar-refractivity contribution in [3.8, 4) is 0 Å². The molecule has 18 heavy (non-hydrogen) atoms. The maximum absolute atomic E-state index is 12.7. The van der Waals surface area contributed by atoms with Gasteiger partial charge in [-0.1, -0.05) is 11.3 Å². The van der Waals surface area contributed by atoms with Gasteiger partial charge in [0.05, 0.1) is 9.90 Å². The molecular weight excluding hydrogens is 287 g/mol. The highest BCUT2D eigenvalue weighted by molar-refractivity contribution is 8.04. The number of hydrogen-bond acceptors (Lipinski definition) is 5. The average molecular weight is 300 g/mol. The molecule has 0 saturated carbocycles. The summed E-state index contributed by atoms with van der Waals surface area (Å²) in [6, 6.07) is 6.59. The number of benzene rings is 1. The van der Waals surface area contributed by atoms with Gasteiger partial charge in [-0.05, 0) is 31.2 Å². The van der Waals surface area contributed by atoms with Crippen molar-refractivity contribution in [2.75, 3.05) is 17.2 Å². The second-order valence-electron chi connectivity index (χ2n) is 3.58. The minimum absolute atomic E-state index is 0.190. The highest BCUT2D eigenvalue weighted by Gasteiger charge is 2.05. The van der Waals surface area contributed by atoms with Crippen molar-refractivity contribution in [2.24, 2.45) is 0 Å². The molecule has 0 fully saturated rings. The van der Waals surface area contributed by atoms with E-state index in [-0.39, 0.29) is 5.82 Å². The molecule has 2 rings (SSSR count). The van der Waals surface area contributed by atoms with Crippen molar-refractivity contribution in [1.29, 1.82) is 0 Å². The Hall–Kier alpha value is -0.720. The summed E-state index contributed by atoms with van der Waals surface area (Å²) in [7, 11) is 0. The molecule has 0 aliphatic rings. The first-order valence-corrected chi connectivity index (χ1v) is 8.18. The molecule has 1 aromatic carbocycles. The van der Waals surface area contributed by atoms with E-state index >= 15 is 0 Å². The quantitative estimate of drug-likeness (QED) is 0.667. The molecule has 1 heterocycles. The highest BCUT2D eigenvalue weighted by atomic mass is 32.2. The van der Waals surface area contributed by atoms with Crippen molar-refractivity contribution in [1.82, 2.24) is 4.98 Å². The first kappa shape index (κ1) is 13.7. The van der Waals surface area contributed by atoms with Crippen LogP contribution in [0.5, 0.6) is 0 Å². The summed E-state index contributed by atoms with van der Waals surface area (Å²) in [5, 5.41) is 0.626. The molecule has 96 valence electrons. The number of aromatic nitrogens is 1. The normalized spacial score (nSPS) is 10.8. The zero-order valence-corrected chi connectivity index (χ0v) is 12.3. The Kier molecular flexibility index (Phi) is 4.91. The zero-order valence-electron chi connectivity index (χ0n) is 9.85. The van der Waals surface area contributed by atoms with Gasteiger partial charge in [-0.15, -0.1) is 23.5 Å². The first-order valence-electron chi connectivity index (χ1n) is 5.39. The standard InChI is InChI=1S/C12H13FN2S3/c1-8-11(18-12(14)15-8)17-7-6-16-10-4-2-9(13)3-5-10/h2-5H,6-7H2,1H3,(H2,14,15). The van der Waals surface area contributed by atoms with Gasteiger partial charge in [0.1, 0.15) is 5.82 Å². The van der Waals surface area contributed by atoms with Gasteiger partial charge in [0, 0.05) is 16.4 Å². The Morgan fingerprint density at radius 2 is 1.89 bits per heavy atom. The molecule has 2 N–H and O–H groups in total. The fraction of sp³-hybridized carbons (Fsp3) is 0.250. The third-order valence-corrected chi connectivity index (χ3v) is 5.79. The van der Waals surface area contributed by atoms with Crippen LogP contribution in [0, 0.1) is 12.7 Å². The summed E-state index contributed by atoms with van der Waals surface area (Å²) >= 11 is 5.03. The van der Waals surface area contributed by atoms with Gasteiger partial charge in [-0.3, -0.25) is 0 Å². The third kappa shape index (κ3) is 3.90. The van der Waals surface area contributed by atoms with E-state index < -0.39 is 0 Å². The van der Waals surface area contributed by atoms with Crippen LogP contribution in [0.25, 0.3) is 0 Å². The predicted octanol–water partition coefficient (Wildman–Crippen LogP) is 4.06. The van der Waals surface area contributed by atoms with Crippen molar-refractivity contribution < 1.29 is 4.39 Å². The average Bonchev–Trinajstić information content (AvgIpc) is 2.66. The molecule has 0 radical (unpaired) electrons. The number of hydrogen-bond donors (Lipinski definition) is 1. The van der Waals surface area contributed by atoms with Crippen LogP contribution < -0.4 is 5.73 Å². The van der Waals surface area contributed by atoms with Crippen molar-refractivity contribution in [3.05, 3.63) is 35.8 Å². The second kappa shape index (κ2) is 6.45. The molecule has 0 unspecified atom stereocenters. The van der Waals surface area contributed by atoms with Crippen LogP contribution in [0.3, 0.4) is 0 Å². The zero-order chi connectivity index (χ0) is 13.0. The number of halogens is 1. The van der Waals surface area contributed by atoms with E-state index in [9.17, 15) is 4.39 Å². The number of thiazole rings is 1. The Bertz CT molecular complexity index is 511. The molecular formula is C12H13FN2S3. The molecule has 0 spiro atoms. The number of nitrogens with two attached hydrogens (primary N) is 1. The lowest BCUT2D eigenvalue weighted by atomic mass is 10.4. The lowest BCUT2D eigenvalue weighted by molar-refractivity contribution is 0.626. The van der Waals surface area contributed by atoms with Crippen LogP contribution >= 0.6 is 34.9 Å². The van der Waals surface area contributed by atoms with Crippen LogP contribution in [0.2, 0.25) is 0 Å².